The van der Waals surface area contributed by atoms with Crippen LogP contribution in [0.2, 0.25) is 5.02 Å². The number of amides is 1. The summed E-state index contributed by atoms with van der Waals surface area (Å²) in [7, 11) is 0. The minimum atomic E-state index is -0.549. The summed E-state index contributed by atoms with van der Waals surface area (Å²) in [5, 5.41) is 1.24. The third-order valence-corrected chi connectivity index (χ3v) is 5.05. The molecule has 4 rings (SSSR count). The van der Waals surface area contributed by atoms with Crippen molar-refractivity contribution in [3.63, 3.8) is 0 Å². The first-order chi connectivity index (χ1) is 13.6. The molecule has 138 valence electrons. The van der Waals surface area contributed by atoms with E-state index < -0.39 is 6.09 Å². The van der Waals surface area contributed by atoms with Crippen LogP contribution in [0.3, 0.4) is 0 Å². The van der Waals surface area contributed by atoms with E-state index >= 15 is 0 Å². The van der Waals surface area contributed by atoms with Crippen molar-refractivity contribution in [3.05, 3.63) is 94.6 Å². The summed E-state index contributed by atoms with van der Waals surface area (Å²) >= 11 is 9.74. The molecular weight excluding hydrogens is 440 g/mol. The molecular formula is C22H14BrClN2O2. The van der Waals surface area contributed by atoms with E-state index in [1.165, 1.54) is 4.90 Å². The highest BCUT2D eigenvalue weighted by Gasteiger charge is 2.23. The molecule has 0 aliphatic rings. The first kappa shape index (κ1) is 18.5. The second kappa shape index (κ2) is 8.00. The highest BCUT2D eigenvalue weighted by Crippen LogP contribution is 2.38. The summed E-state index contributed by atoms with van der Waals surface area (Å²) in [6, 6.07) is 24.0. The average molecular weight is 454 g/mol. The van der Waals surface area contributed by atoms with Gasteiger partial charge in [-0.1, -0.05) is 48.0 Å². The molecule has 0 unspecified atom stereocenters. The number of anilines is 2. The van der Waals surface area contributed by atoms with Crippen LogP contribution < -0.4 is 9.64 Å². The van der Waals surface area contributed by atoms with E-state index in [1.54, 1.807) is 18.3 Å². The third-order valence-electron chi connectivity index (χ3n) is 4.15. The Morgan fingerprint density at radius 1 is 0.929 bits per heavy atom. The zero-order valence-corrected chi connectivity index (χ0v) is 16.9. The fraction of sp³-hybridized carbons (Fsp3) is 0. The molecule has 1 heterocycles. The maximum Gasteiger partial charge on any atom is 0.424 e. The number of aromatic nitrogens is 1. The predicted octanol–water partition coefficient (Wildman–Crippen LogP) is 6.99. The maximum absolute atomic E-state index is 13.2. The van der Waals surface area contributed by atoms with Gasteiger partial charge in [0.2, 0.25) is 0 Å². The number of carbonyl (C=O) groups excluding carboxylic acids is 1. The molecule has 0 N–H and O–H groups in total. The van der Waals surface area contributed by atoms with Gasteiger partial charge in [0.15, 0.2) is 5.75 Å². The summed E-state index contributed by atoms with van der Waals surface area (Å²) in [4.78, 5) is 19.1. The van der Waals surface area contributed by atoms with Gasteiger partial charge in [-0.3, -0.25) is 4.98 Å². The van der Waals surface area contributed by atoms with Crippen LogP contribution in [0.4, 0.5) is 16.2 Å². The molecule has 6 heteroatoms. The number of carbonyl (C=O) groups is 1. The lowest BCUT2D eigenvalue weighted by molar-refractivity contribution is 0.210. The van der Waals surface area contributed by atoms with Gasteiger partial charge in [0.25, 0.3) is 0 Å². The van der Waals surface area contributed by atoms with Gasteiger partial charge in [0.05, 0.1) is 20.9 Å². The van der Waals surface area contributed by atoms with Crippen LogP contribution in [0.25, 0.3) is 10.9 Å². The Kier molecular flexibility index (Phi) is 5.28. The van der Waals surface area contributed by atoms with Crippen molar-refractivity contribution in [3.8, 4) is 5.75 Å². The Labute approximate surface area is 175 Å². The van der Waals surface area contributed by atoms with Crippen molar-refractivity contribution >= 4 is 55.9 Å². The first-order valence-corrected chi connectivity index (χ1v) is 9.67. The van der Waals surface area contributed by atoms with E-state index in [0.717, 1.165) is 0 Å². The standard InChI is InChI=1S/C22H14BrClN2O2/c23-18-14-19(24)17-12-7-13-25-20(17)21(18)28-22(27)26(15-8-3-1-4-9-15)16-10-5-2-6-11-16/h1-14H. The van der Waals surface area contributed by atoms with Crippen LogP contribution in [0.1, 0.15) is 0 Å². The van der Waals surface area contributed by atoms with E-state index in [1.807, 2.05) is 66.7 Å². The highest BCUT2D eigenvalue weighted by atomic mass is 79.9. The molecule has 28 heavy (non-hydrogen) atoms. The zero-order chi connectivity index (χ0) is 19.5. The normalized spacial score (nSPS) is 10.6. The topological polar surface area (TPSA) is 42.4 Å². The molecule has 0 atom stereocenters. The van der Waals surface area contributed by atoms with E-state index in [0.29, 0.717) is 37.5 Å². The van der Waals surface area contributed by atoms with Crippen LogP contribution in [0, 0.1) is 0 Å². The molecule has 0 spiro atoms. The Morgan fingerprint density at radius 2 is 1.54 bits per heavy atom. The van der Waals surface area contributed by atoms with Gasteiger partial charge >= 0.3 is 6.09 Å². The van der Waals surface area contributed by atoms with Gasteiger partial charge in [-0.25, -0.2) is 9.69 Å². The molecule has 1 aromatic heterocycles. The van der Waals surface area contributed by atoms with Crippen LogP contribution in [0.5, 0.6) is 5.75 Å². The molecule has 0 fully saturated rings. The molecule has 3 aromatic carbocycles. The maximum atomic E-state index is 13.2. The molecule has 0 radical (unpaired) electrons. The minimum absolute atomic E-state index is 0.321. The van der Waals surface area contributed by atoms with Gasteiger partial charge in [0, 0.05) is 11.6 Å². The summed E-state index contributed by atoms with van der Waals surface area (Å²) in [6.07, 6.45) is 1.08. The summed E-state index contributed by atoms with van der Waals surface area (Å²) in [5.74, 6) is 0.321. The lowest BCUT2D eigenvalue weighted by atomic mass is 10.2. The minimum Gasteiger partial charge on any atom is -0.406 e. The van der Waals surface area contributed by atoms with E-state index in [4.69, 9.17) is 16.3 Å². The predicted molar refractivity (Wildman–Crippen MR) is 115 cm³/mol. The number of hydrogen-bond donors (Lipinski definition) is 0. The van der Waals surface area contributed by atoms with Crippen LogP contribution in [0.15, 0.2) is 89.5 Å². The number of rotatable bonds is 3. The molecule has 0 bridgehead atoms. The van der Waals surface area contributed by atoms with E-state index in [-0.39, 0.29) is 0 Å². The lowest BCUT2D eigenvalue weighted by Gasteiger charge is -2.23. The number of hydrogen-bond acceptors (Lipinski definition) is 3. The second-order valence-electron chi connectivity index (χ2n) is 5.94. The van der Waals surface area contributed by atoms with E-state index in [9.17, 15) is 4.79 Å². The first-order valence-electron chi connectivity index (χ1n) is 8.50. The van der Waals surface area contributed by atoms with Gasteiger partial charge in [-0.05, 0) is 58.4 Å². The molecule has 4 nitrogen and oxygen atoms in total. The van der Waals surface area contributed by atoms with Gasteiger partial charge in [-0.2, -0.15) is 0 Å². The Bertz CT molecular complexity index is 1100. The molecule has 0 saturated carbocycles. The Morgan fingerprint density at radius 3 is 2.14 bits per heavy atom. The summed E-state index contributed by atoms with van der Waals surface area (Å²) < 4.78 is 6.36. The number of para-hydroxylation sites is 2. The molecule has 4 aromatic rings. The van der Waals surface area contributed by atoms with Gasteiger partial charge in [0.1, 0.15) is 5.52 Å². The number of nitrogens with zero attached hydrogens (tertiary/aromatic N) is 2. The average Bonchev–Trinajstić information content (AvgIpc) is 2.73. The molecule has 0 saturated heterocycles. The molecule has 1 amide bonds. The number of pyridine rings is 1. The third kappa shape index (κ3) is 3.59. The zero-order valence-electron chi connectivity index (χ0n) is 14.5. The smallest absolute Gasteiger partial charge is 0.406 e. The van der Waals surface area contributed by atoms with Crippen molar-refractivity contribution in [1.82, 2.24) is 4.98 Å². The number of halogens is 2. The lowest BCUT2D eigenvalue weighted by Crippen LogP contribution is -2.29. The summed E-state index contributed by atoms with van der Waals surface area (Å²) in [6.45, 7) is 0. The Balaban J connectivity index is 1.79. The highest BCUT2D eigenvalue weighted by molar-refractivity contribution is 9.10. The van der Waals surface area contributed by atoms with Crippen LogP contribution in [-0.2, 0) is 0 Å². The van der Waals surface area contributed by atoms with Gasteiger partial charge < -0.3 is 4.74 Å². The van der Waals surface area contributed by atoms with Crippen LogP contribution in [-0.4, -0.2) is 11.1 Å². The largest absolute Gasteiger partial charge is 0.424 e. The second-order valence-corrected chi connectivity index (χ2v) is 7.20. The fourth-order valence-electron chi connectivity index (χ4n) is 2.89. The monoisotopic (exact) mass is 452 g/mol. The van der Waals surface area contributed by atoms with Crippen molar-refractivity contribution < 1.29 is 9.53 Å². The van der Waals surface area contributed by atoms with Crippen molar-refractivity contribution in [2.45, 2.75) is 0 Å². The molecule has 0 aliphatic carbocycles. The number of benzene rings is 3. The van der Waals surface area contributed by atoms with Gasteiger partial charge in [-0.15, -0.1) is 0 Å². The number of fused-ring (bicyclic) bond motifs is 1. The van der Waals surface area contributed by atoms with Crippen molar-refractivity contribution in [2.24, 2.45) is 0 Å². The van der Waals surface area contributed by atoms with E-state index in [2.05, 4.69) is 20.9 Å². The summed E-state index contributed by atoms with van der Waals surface area (Å²) in [5.41, 5.74) is 1.90. The van der Waals surface area contributed by atoms with Crippen LogP contribution >= 0.6 is 27.5 Å². The quantitative estimate of drug-likeness (QED) is 0.336. The SMILES string of the molecule is O=C(Oc1c(Br)cc(Cl)c2cccnc12)N(c1ccccc1)c1ccccc1. The van der Waals surface area contributed by atoms with Crippen molar-refractivity contribution in [1.29, 1.82) is 0 Å². The Hall–Kier alpha value is -2.89. The fourth-order valence-corrected chi connectivity index (χ4v) is 3.78. The molecule has 0 aliphatic heterocycles. The number of ether oxygens (including phenoxy) is 1. The van der Waals surface area contributed by atoms with Crippen molar-refractivity contribution in [2.75, 3.05) is 4.90 Å².